The number of hydrogen-bond acceptors (Lipinski definition) is 14. The van der Waals surface area contributed by atoms with Crippen LogP contribution in [0.2, 0.25) is 0 Å². The van der Waals surface area contributed by atoms with Crippen LogP contribution in [-0.4, -0.2) is 116 Å². The summed E-state index contributed by atoms with van der Waals surface area (Å²) >= 11 is 0. The van der Waals surface area contributed by atoms with Crippen molar-refractivity contribution >= 4 is 24.0 Å². The number of nitrogens with zero attached hydrogens (tertiary/aromatic N) is 10. The molecule has 280 valence electrons. The summed E-state index contributed by atoms with van der Waals surface area (Å²) in [5.74, 6) is 1.33. The predicted octanol–water partition coefficient (Wildman–Crippen LogP) is 4.47. The number of nitriles is 1. The van der Waals surface area contributed by atoms with Crippen LogP contribution >= 0.6 is 12.4 Å². The number of hydrogen-bond donors (Lipinski definition) is 1. The van der Waals surface area contributed by atoms with Crippen molar-refractivity contribution in [2.24, 2.45) is 0 Å². The molecule has 1 unspecified atom stereocenters. The fourth-order valence-electron chi connectivity index (χ4n) is 6.74. The molecule has 1 saturated heterocycles. The second kappa shape index (κ2) is 18.9. The molecule has 52 heavy (non-hydrogen) atoms. The van der Waals surface area contributed by atoms with E-state index in [-0.39, 0.29) is 36.8 Å². The minimum atomic E-state index is -0.277. The normalized spacial score (nSPS) is 21.1. The van der Waals surface area contributed by atoms with Gasteiger partial charge in [-0.3, -0.25) is 9.58 Å². The van der Waals surface area contributed by atoms with Crippen molar-refractivity contribution in [2.45, 2.75) is 83.4 Å². The van der Waals surface area contributed by atoms with Crippen molar-refractivity contribution < 1.29 is 23.7 Å². The molecule has 2 aliphatic rings. The fraction of sp³-hybridized carbons (Fsp3) is 0.571. The Morgan fingerprint density at radius 1 is 1.00 bits per heavy atom. The van der Waals surface area contributed by atoms with E-state index in [1.165, 1.54) is 6.33 Å². The SMILES string of the molecule is COCCOCCOc1nn(C2CCC(N3C[C@@H](C)O[C@@H](C)C3)CC2)cc1Nc1ncc(-c2ccc(C#N)c(OC(C)Cn3cnnn3)c2)cn1.Cl. The minimum absolute atomic E-state index is 0. The Morgan fingerprint density at radius 3 is 2.42 bits per heavy atom. The summed E-state index contributed by atoms with van der Waals surface area (Å²) in [5.41, 5.74) is 2.69. The summed E-state index contributed by atoms with van der Waals surface area (Å²) in [6.07, 6.45) is 11.5. The van der Waals surface area contributed by atoms with E-state index < -0.39 is 0 Å². The highest BCUT2D eigenvalue weighted by atomic mass is 35.5. The molecule has 1 saturated carbocycles. The lowest BCUT2D eigenvalue weighted by Gasteiger charge is -2.42. The van der Waals surface area contributed by atoms with Gasteiger partial charge in [0.25, 0.3) is 5.88 Å². The number of halogens is 1. The van der Waals surface area contributed by atoms with Crippen LogP contribution in [0, 0.1) is 11.3 Å². The Bertz CT molecular complexity index is 1700. The van der Waals surface area contributed by atoms with Gasteiger partial charge in [-0.1, -0.05) is 6.07 Å². The highest BCUT2D eigenvalue weighted by Gasteiger charge is 2.32. The monoisotopic (exact) mass is 737 g/mol. The third-order valence-electron chi connectivity index (χ3n) is 9.10. The molecular formula is C35H48ClN11O5. The van der Waals surface area contributed by atoms with E-state index in [1.807, 2.05) is 29.9 Å². The lowest BCUT2D eigenvalue weighted by molar-refractivity contribution is -0.0852. The Labute approximate surface area is 310 Å². The first-order valence-electron chi connectivity index (χ1n) is 17.6. The fourth-order valence-corrected chi connectivity index (χ4v) is 6.74. The topological polar surface area (TPSA) is 172 Å². The van der Waals surface area contributed by atoms with Crippen molar-refractivity contribution in [3.05, 3.63) is 48.7 Å². The van der Waals surface area contributed by atoms with Crippen LogP contribution in [0.5, 0.6) is 11.6 Å². The number of tetrazole rings is 1. The zero-order chi connectivity index (χ0) is 35.6. The number of anilines is 2. The third-order valence-corrected chi connectivity index (χ3v) is 9.10. The van der Waals surface area contributed by atoms with Gasteiger partial charge in [0.15, 0.2) is 0 Å². The number of nitrogens with one attached hydrogen (secondary N) is 1. The number of ether oxygens (including phenoxy) is 5. The van der Waals surface area contributed by atoms with Gasteiger partial charge in [0, 0.05) is 44.2 Å². The van der Waals surface area contributed by atoms with Crippen LogP contribution < -0.4 is 14.8 Å². The van der Waals surface area contributed by atoms with Crippen molar-refractivity contribution in [3.8, 4) is 28.8 Å². The van der Waals surface area contributed by atoms with E-state index >= 15 is 0 Å². The van der Waals surface area contributed by atoms with E-state index in [1.54, 1.807) is 30.3 Å². The molecule has 0 bridgehead atoms. The summed E-state index contributed by atoms with van der Waals surface area (Å²) in [5, 5.41) is 29.1. The largest absolute Gasteiger partial charge is 0.487 e. The number of morpholine rings is 1. The van der Waals surface area contributed by atoms with E-state index in [2.05, 4.69) is 55.6 Å². The van der Waals surface area contributed by atoms with Gasteiger partial charge in [0.1, 0.15) is 36.5 Å². The number of rotatable bonds is 16. The maximum Gasteiger partial charge on any atom is 0.257 e. The van der Waals surface area contributed by atoms with E-state index in [0.29, 0.717) is 67.8 Å². The summed E-state index contributed by atoms with van der Waals surface area (Å²) in [6.45, 7) is 10.4. The highest BCUT2D eigenvalue weighted by molar-refractivity contribution is 5.85. The molecule has 1 aliphatic heterocycles. The number of methoxy groups -OCH3 is 1. The molecule has 17 heteroatoms. The van der Waals surface area contributed by atoms with E-state index in [0.717, 1.165) is 49.9 Å². The molecule has 6 rings (SSSR count). The molecule has 1 N–H and O–H groups in total. The molecule has 0 radical (unpaired) electrons. The van der Waals surface area contributed by atoms with Crippen molar-refractivity contribution in [2.75, 3.05) is 51.9 Å². The lowest BCUT2D eigenvalue weighted by atomic mass is 9.89. The van der Waals surface area contributed by atoms with Crippen molar-refractivity contribution in [3.63, 3.8) is 0 Å². The molecule has 16 nitrogen and oxygen atoms in total. The first-order valence-corrected chi connectivity index (χ1v) is 17.6. The van der Waals surface area contributed by atoms with Gasteiger partial charge in [-0.05, 0) is 74.6 Å². The number of benzene rings is 1. The molecule has 3 atom stereocenters. The Balaban J connectivity index is 0.00000523. The Hall–Kier alpha value is -4.40. The molecule has 0 spiro atoms. The smallest absolute Gasteiger partial charge is 0.257 e. The van der Waals surface area contributed by atoms with Gasteiger partial charge < -0.3 is 29.0 Å². The quantitative estimate of drug-likeness (QED) is 0.160. The number of aromatic nitrogens is 8. The zero-order valence-electron chi connectivity index (χ0n) is 30.1. The van der Waals surface area contributed by atoms with Gasteiger partial charge in [0.05, 0.1) is 56.4 Å². The first-order chi connectivity index (χ1) is 24.9. The maximum absolute atomic E-state index is 9.68. The molecule has 3 aromatic heterocycles. The third kappa shape index (κ3) is 10.4. The van der Waals surface area contributed by atoms with Crippen LogP contribution in [-0.2, 0) is 20.8 Å². The zero-order valence-corrected chi connectivity index (χ0v) is 30.9. The minimum Gasteiger partial charge on any atom is -0.487 e. The van der Waals surface area contributed by atoms with Crippen molar-refractivity contribution in [1.29, 1.82) is 5.26 Å². The van der Waals surface area contributed by atoms with E-state index in [9.17, 15) is 5.26 Å². The van der Waals surface area contributed by atoms with Gasteiger partial charge in [-0.2, -0.15) is 5.26 Å². The Kier molecular flexibility index (Phi) is 14.1. The second-order valence-corrected chi connectivity index (χ2v) is 13.2. The Morgan fingerprint density at radius 2 is 1.73 bits per heavy atom. The average molecular weight is 738 g/mol. The van der Waals surface area contributed by atoms with Crippen LogP contribution in [0.1, 0.15) is 58.1 Å². The maximum atomic E-state index is 9.68. The molecule has 4 heterocycles. The highest BCUT2D eigenvalue weighted by Crippen LogP contribution is 2.35. The van der Waals surface area contributed by atoms with Gasteiger partial charge >= 0.3 is 0 Å². The van der Waals surface area contributed by atoms with Crippen LogP contribution in [0.3, 0.4) is 0 Å². The summed E-state index contributed by atoms with van der Waals surface area (Å²) in [7, 11) is 1.65. The van der Waals surface area contributed by atoms with Gasteiger partial charge in [0.2, 0.25) is 5.95 Å². The van der Waals surface area contributed by atoms with Crippen LogP contribution in [0.4, 0.5) is 11.6 Å². The average Bonchev–Trinajstić information content (AvgIpc) is 3.79. The first kappa shape index (κ1) is 38.8. The van der Waals surface area contributed by atoms with E-state index in [4.69, 9.17) is 28.8 Å². The summed E-state index contributed by atoms with van der Waals surface area (Å²) in [4.78, 5) is 11.8. The summed E-state index contributed by atoms with van der Waals surface area (Å²) < 4.78 is 32.5. The van der Waals surface area contributed by atoms with Crippen LogP contribution in [0.25, 0.3) is 11.1 Å². The molecule has 1 aromatic carbocycles. The molecule has 2 fully saturated rings. The molecule has 1 aliphatic carbocycles. The standard InChI is InChI=1S/C35H47N11O5.ClH/c1-24-19-44(20-25(2)50-24)30-7-9-31(10-8-30)46-22-32(34(41-46)49-14-13-48-12-11-47-4)40-35-37-17-29(18-38-35)27-5-6-28(16-36)33(15-27)51-26(3)21-45-23-39-42-43-45;/h5-6,15,17-18,22-26,30-31H,7-14,19-21H2,1-4H3,(H,37,38,40);1H/t24-,25+,26?,30?,31?;. The van der Waals surface area contributed by atoms with Gasteiger partial charge in [-0.15, -0.1) is 22.6 Å². The van der Waals surface area contributed by atoms with Crippen LogP contribution in [0.15, 0.2) is 43.1 Å². The molecule has 0 amide bonds. The predicted molar refractivity (Wildman–Crippen MR) is 194 cm³/mol. The second-order valence-electron chi connectivity index (χ2n) is 13.2. The lowest BCUT2D eigenvalue weighted by Crippen LogP contribution is -2.51. The van der Waals surface area contributed by atoms with Gasteiger partial charge in [-0.25, -0.2) is 14.6 Å². The molecule has 4 aromatic rings. The molecular weight excluding hydrogens is 690 g/mol. The summed E-state index contributed by atoms with van der Waals surface area (Å²) in [6, 6.07) is 8.43. The van der Waals surface area contributed by atoms with Crippen molar-refractivity contribution in [1.82, 2.24) is 44.9 Å².